The van der Waals surface area contributed by atoms with Crippen molar-refractivity contribution in [3.8, 4) is 5.75 Å². The lowest BCUT2D eigenvalue weighted by molar-refractivity contribution is -0.0163. The summed E-state index contributed by atoms with van der Waals surface area (Å²) in [5.74, 6) is 1.88. The van der Waals surface area contributed by atoms with Crippen molar-refractivity contribution in [3.63, 3.8) is 0 Å². The molecule has 1 saturated heterocycles. The van der Waals surface area contributed by atoms with E-state index in [1.54, 1.807) is 7.11 Å². The van der Waals surface area contributed by atoms with E-state index in [-0.39, 0.29) is 12.1 Å². The Labute approximate surface area is 143 Å². The van der Waals surface area contributed by atoms with Crippen molar-refractivity contribution in [2.24, 2.45) is 7.05 Å². The van der Waals surface area contributed by atoms with Crippen LogP contribution < -0.4 is 10.1 Å². The van der Waals surface area contributed by atoms with Crippen LogP contribution in [0.25, 0.3) is 6.08 Å². The summed E-state index contributed by atoms with van der Waals surface area (Å²) in [6, 6.07) is 8.30. The van der Waals surface area contributed by atoms with Gasteiger partial charge in [-0.2, -0.15) is 0 Å². The molecule has 0 bridgehead atoms. The van der Waals surface area contributed by atoms with Gasteiger partial charge in [0.2, 0.25) is 0 Å². The number of rotatable bonds is 6. The molecule has 0 aliphatic carbocycles. The average molecular weight is 327 g/mol. The van der Waals surface area contributed by atoms with E-state index in [1.165, 1.54) is 0 Å². The number of para-hydroxylation sites is 1. The molecular formula is C19H25N3O2. The summed E-state index contributed by atoms with van der Waals surface area (Å²) in [5, 5.41) is 3.59. The van der Waals surface area contributed by atoms with E-state index in [1.807, 2.05) is 42.2 Å². The first-order valence-electron chi connectivity index (χ1n) is 8.41. The summed E-state index contributed by atoms with van der Waals surface area (Å²) in [5.41, 5.74) is 1.09. The number of benzene rings is 1. The molecule has 2 atom stereocenters. The molecule has 5 heteroatoms. The third-order valence-electron chi connectivity index (χ3n) is 4.37. The summed E-state index contributed by atoms with van der Waals surface area (Å²) in [6.07, 6.45) is 10.2. The van der Waals surface area contributed by atoms with Gasteiger partial charge in [-0.1, -0.05) is 30.4 Å². The highest BCUT2D eigenvalue weighted by atomic mass is 16.5. The molecule has 0 amide bonds. The zero-order valence-corrected chi connectivity index (χ0v) is 14.3. The summed E-state index contributed by atoms with van der Waals surface area (Å²) in [6.45, 7) is 1.58. The second-order valence-corrected chi connectivity index (χ2v) is 5.99. The molecule has 24 heavy (non-hydrogen) atoms. The minimum Gasteiger partial charge on any atom is -0.496 e. The number of hydrogen-bond donors (Lipinski definition) is 1. The first-order valence-corrected chi connectivity index (χ1v) is 8.41. The Hall–Kier alpha value is -2.11. The van der Waals surface area contributed by atoms with Gasteiger partial charge in [-0.25, -0.2) is 4.98 Å². The van der Waals surface area contributed by atoms with Crippen molar-refractivity contribution in [1.82, 2.24) is 14.9 Å². The van der Waals surface area contributed by atoms with Crippen molar-refractivity contribution in [2.45, 2.75) is 25.0 Å². The Balaban J connectivity index is 1.60. The number of methoxy groups -OCH3 is 1. The van der Waals surface area contributed by atoms with E-state index in [0.717, 1.165) is 43.1 Å². The van der Waals surface area contributed by atoms with Gasteiger partial charge in [0.25, 0.3) is 0 Å². The standard InChI is InChI=1S/C19H25N3O2/c1-22-13-12-21-19(22)18-16(9-6-14-24-18)20-11-5-8-15-7-3-4-10-17(15)23-2/h3-5,7-8,10,12-13,16,18,20H,6,9,11,14H2,1-2H3/b8-5+/t16-,18-/m0/s1. The van der Waals surface area contributed by atoms with Crippen molar-refractivity contribution < 1.29 is 9.47 Å². The number of nitrogens with zero attached hydrogens (tertiary/aromatic N) is 2. The second kappa shape index (κ2) is 8.13. The lowest BCUT2D eigenvalue weighted by Gasteiger charge is -2.31. The minimum atomic E-state index is 0.0124. The van der Waals surface area contributed by atoms with Crippen LogP contribution in [0.5, 0.6) is 5.75 Å². The van der Waals surface area contributed by atoms with Gasteiger partial charge in [0.1, 0.15) is 17.7 Å². The molecule has 1 aliphatic rings. The van der Waals surface area contributed by atoms with Crippen molar-refractivity contribution in [2.75, 3.05) is 20.3 Å². The Morgan fingerprint density at radius 1 is 1.42 bits per heavy atom. The zero-order valence-electron chi connectivity index (χ0n) is 14.3. The molecule has 5 nitrogen and oxygen atoms in total. The van der Waals surface area contributed by atoms with Gasteiger partial charge in [-0.3, -0.25) is 0 Å². The Kier molecular flexibility index (Phi) is 5.67. The molecule has 0 unspecified atom stereocenters. The van der Waals surface area contributed by atoms with Gasteiger partial charge >= 0.3 is 0 Å². The molecule has 1 aromatic carbocycles. The zero-order chi connectivity index (χ0) is 16.8. The number of imidazole rings is 1. The van der Waals surface area contributed by atoms with Crippen LogP contribution in [0.4, 0.5) is 0 Å². The number of hydrogen-bond acceptors (Lipinski definition) is 4. The van der Waals surface area contributed by atoms with Crippen LogP contribution in [0.3, 0.4) is 0 Å². The fourth-order valence-electron chi connectivity index (χ4n) is 3.11. The highest BCUT2D eigenvalue weighted by molar-refractivity contribution is 5.57. The molecule has 1 aliphatic heterocycles. The molecule has 1 aromatic heterocycles. The first kappa shape index (κ1) is 16.7. The van der Waals surface area contributed by atoms with E-state index >= 15 is 0 Å². The minimum absolute atomic E-state index is 0.0124. The predicted octanol–water partition coefficient (Wildman–Crippen LogP) is 2.95. The molecule has 1 N–H and O–H groups in total. The average Bonchev–Trinajstić information content (AvgIpc) is 3.05. The van der Waals surface area contributed by atoms with Gasteiger partial charge in [-0.05, 0) is 18.9 Å². The SMILES string of the molecule is COc1ccccc1/C=C/CN[C@H]1CCCO[C@@H]1c1nccn1C. The summed E-state index contributed by atoms with van der Waals surface area (Å²) < 4.78 is 13.4. The van der Waals surface area contributed by atoms with Crippen LogP contribution in [-0.4, -0.2) is 35.9 Å². The van der Waals surface area contributed by atoms with E-state index in [0.29, 0.717) is 0 Å². The van der Waals surface area contributed by atoms with Gasteiger partial charge in [-0.15, -0.1) is 0 Å². The van der Waals surface area contributed by atoms with Gasteiger partial charge in [0.15, 0.2) is 0 Å². The molecule has 2 heterocycles. The molecule has 0 saturated carbocycles. The Morgan fingerprint density at radius 2 is 2.29 bits per heavy atom. The van der Waals surface area contributed by atoms with Crippen molar-refractivity contribution >= 4 is 6.08 Å². The van der Waals surface area contributed by atoms with Crippen LogP contribution >= 0.6 is 0 Å². The topological polar surface area (TPSA) is 48.3 Å². The smallest absolute Gasteiger partial charge is 0.139 e. The first-order chi connectivity index (χ1) is 11.8. The fraction of sp³-hybridized carbons (Fsp3) is 0.421. The van der Waals surface area contributed by atoms with Crippen molar-refractivity contribution in [3.05, 3.63) is 54.1 Å². The van der Waals surface area contributed by atoms with E-state index in [2.05, 4.69) is 28.5 Å². The molecular weight excluding hydrogens is 302 g/mol. The maximum atomic E-state index is 5.98. The maximum absolute atomic E-state index is 5.98. The fourth-order valence-corrected chi connectivity index (χ4v) is 3.11. The normalized spacial score (nSPS) is 21.2. The van der Waals surface area contributed by atoms with E-state index in [4.69, 9.17) is 9.47 Å². The Morgan fingerprint density at radius 3 is 3.08 bits per heavy atom. The second-order valence-electron chi connectivity index (χ2n) is 5.99. The maximum Gasteiger partial charge on any atom is 0.139 e. The molecule has 2 aromatic rings. The lowest BCUT2D eigenvalue weighted by Crippen LogP contribution is -2.40. The van der Waals surface area contributed by atoms with Gasteiger partial charge < -0.3 is 19.4 Å². The monoisotopic (exact) mass is 327 g/mol. The van der Waals surface area contributed by atoms with Gasteiger partial charge in [0, 0.05) is 44.2 Å². The highest BCUT2D eigenvalue weighted by Crippen LogP contribution is 2.27. The van der Waals surface area contributed by atoms with Crippen LogP contribution in [0.15, 0.2) is 42.7 Å². The number of ether oxygens (including phenoxy) is 2. The summed E-state index contributed by atoms with van der Waals surface area (Å²) in [7, 11) is 3.71. The molecule has 0 spiro atoms. The quantitative estimate of drug-likeness (QED) is 0.886. The molecule has 128 valence electrons. The number of aryl methyl sites for hydroxylation is 1. The largest absolute Gasteiger partial charge is 0.496 e. The molecule has 0 radical (unpaired) electrons. The summed E-state index contributed by atoms with van der Waals surface area (Å²) in [4.78, 5) is 4.45. The number of aromatic nitrogens is 2. The Bertz CT molecular complexity index is 681. The predicted molar refractivity (Wildman–Crippen MR) is 95.0 cm³/mol. The van der Waals surface area contributed by atoms with Crippen LogP contribution in [0, 0.1) is 0 Å². The third kappa shape index (κ3) is 3.86. The molecule has 3 rings (SSSR count). The molecule has 1 fully saturated rings. The van der Waals surface area contributed by atoms with Gasteiger partial charge in [0.05, 0.1) is 7.11 Å². The number of nitrogens with one attached hydrogen (secondary N) is 1. The highest BCUT2D eigenvalue weighted by Gasteiger charge is 2.29. The van der Waals surface area contributed by atoms with E-state index < -0.39 is 0 Å². The van der Waals surface area contributed by atoms with Crippen LogP contribution in [-0.2, 0) is 11.8 Å². The van der Waals surface area contributed by atoms with Crippen molar-refractivity contribution in [1.29, 1.82) is 0 Å². The third-order valence-corrected chi connectivity index (χ3v) is 4.37. The summed E-state index contributed by atoms with van der Waals surface area (Å²) >= 11 is 0. The van der Waals surface area contributed by atoms with Crippen LogP contribution in [0.1, 0.15) is 30.3 Å². The van der Waals surface area contributed by atoms with E-state index in [9.17, 15) is 0 Å². The van der Waals surface area contributed by atoms with Crippen LogP contribution in [0.2, 0.25) is 0 Å². The lowest BCUT2D eigenvalue weighted by atomic mass is 10.0.